The summed E-state index contributed by atoms with van der Waals surface area (Å²) in [6, 6.07) is 1.35. The lowest BCUT2D eigenvalue weighted by Gasteiger charge is -2.16. The highest BCUT2D eigenvalue weighted by molar-refractivity contribution is 5.85. The van der Waals surface area contributed by atoms with Gasteiger partial charge in [0, 0.05) is 32.0 Å². The molecule has 0 fully saturated rings. The van der Waals surface area contributed by atoms with Gasteiger partial charge in [0.25, 0.3) is 0 Å². The lowest BCUT2D eigenvalue weighted by atomic mass is 10.1. The first kappa shape index (κ1) is 14.2. The molecule has 2 atom stereocenters. The van der Waals surface area contributed by atoms with Crippen molar-refractivity contribution < 1.29 is 9.84 Å². The molecule has 0 aliphatic carbocycles. The molecule has 86 valence electrons. The Kier molecular flexibility index (Phi) is 7.15. The van der Waals surface area contributed by atoms with E-state index in [0.717, 1.165) is 0 Å². The van der Waals surface area contributed by atoms with E-state index < -0.39 is 12.1 Å². The summed E-state index contributed by atoms with van der Waals surface area (Å²) >= 11 is 0. The van der Waals surface area contributed by atoms with Gasteiger partial charge in [0.1, 0.15) is 5.82 Å². The van der Waals surface area contributed by atoms with Crippen LogP contribution in [0.1, 0.15) is 5.82 Å². The summed E-state index contributed by atoms with van der Waals surface area (Å²) in [7, 11) is 1.52. The van der Waals surface area contributed by atoms with Gasteiger partial charge in [-0.25, -0.2) is 9.97 Å². The lowest BCUT2D eigenvalue weighted by molar-refractivity contribution is 0.0476. The Morgan fingerprint density at radius 2 is 2.07 bits per heavy atom. The van der Waals surface area contributed by atoms with Gasteiger partial charge < -0.3 is 15.6 Å². The number of ether oxygens (including phenoxy) is 1. The number of rotatable bonds is 5. The Labute approximate surface area is 95.1 Å². The number of nitrogens with two attached hydrogens (primary N) is 1. The average Bonchev–Trinajstić information content (AvgIpc) is 2.19. The predicted octanol–water partition coefficient (Wildman–Crippen LogP) is -0.224. The molecule has 1 rings (SSSR count). The Hall–Kier alpha value is -0.750. The fraction of sp³-hybridized carbons (Fsp3) is 0.556. The molecule has 0 spiro atoms. The number of halogens is 1. The van der Waals surface area contributed by atoms with Gasteiger partial charge >= 0.3 is 0 Å². The molecule has 2 unspecified atom stereocenters. The van der Waals surface area contributed by atoms with Crippen LogP contribution in [0.5, 0.6) is 0 Å². The molecule has 0 amide bonds. The quantitative estimate of drug-likeness (QED) is 0.735. The van der Waals surface area contributed by atoms with E-state index in [1.54, 1.807) is 18.5 Å². The van der Waals surface area contributed by atoms with Crippen LogP contribution in [0, 0.1) is 0 Å². The topological polar surface area (TPSA) is 81.3 Å². The molecule has 0 radical (unpaired) electrons. The van der Waals surface area contributed by atoms with E-state index in [2.05, 4.69) is 9.97 Å². The number of methoxy groups -OCH3 is 1. The minimum atomic E-state index is -0.677. The molecule has 5 nitrogen and oxygen atoms in total. The van der Waals surface area contributed by atoms with Crippen LogP contribution in [0.4, 0.5) is 0 Å². The smallest absolute Gasteiger partial charge is 0.129 e. The Morgan fingerprint density at radius 1 is 1.47 bits per heavy atom. The Bertz CT molecular complexity index is 261. The van der Waals surface area contributed by atoms with Gasteiger partial charge in [-0.05, 0) is 6.07 Å². The van der Waals surface area contributed by atoms with Gasteiger partial charge in [-0.2, -0.15) is 0 Å². The van der Waals surface area contributed by atoms with Crippen molar-refractivity contribution in [3.8, 4) is 0 Å². The maximum absolute atomic E-state index is 9.47. The van der Waals surface area contributed by atoms with Crippen LogP contribution in [0.3, 0.4) is 0 Å². The summed E-state index contributed by atoms with van der Waals surface area (Å²) in [6.45, 7) is 0.230. The monoisotopic (exact) mass is 233 g/mol. The third-order valence-corrected chi connectivity index (χ3v) is 1.87. The summed E-state index contributed by atoms with van der Waals surface area (Å²) in [5, 5.41) is 9.47. The molecule has 0 saturated heterocycles. The van der Waals surface area contributed by atoms with E-state index in [-0.39, 0.29) is 19.0 Å². The molecule has 3 N–H and O–H groups in total. The number of nitrogens with zero attached hydrogens (tertiary/aromatic N) is 2. The maximum atomic E-state index is 9.47. The van der Waals surface area contributed by atoms with Crippen LogP contribution in [0.25, 0.3) is 0 Å². The molecule has 0 saturated carbocycles. The van der Waals surface area contributed by atoms with Gasteiger partial charge in [0.15, 0.2) is 0 Å². The molecule has 0 aliphatic heterocycles. The molecule has 15 heavy (non-hydrogen) atoms. The summed E-state index contributed by atoms with van der Waals surface area (Å²) < 4.78 is 4.79. The standard InChI is InChI=1S/C9H15N3O2.ClH/c1-14-6-8(13)7(10)5-9-11-3-2-4-12-9;/h2-4,7-8,13H,5-6,10H2,1H3;1H. The highest BCUT2D eigenvalue weighted by atomic mass is 35.5. The van der Waals surface area contributed by atoms with Crippen molar-refractivity contribution in [2.24, 2.45) is 5.73 Å². The van der Waals surface area contributed by atoms with E-state index in [1.807, 2.05) is 0 Å². The highest BCUT2D eigenvalue weighted by Crippen LogP contribution is 1.98. The second-order valence-electron chi connectivity index (χ2n) is 3.06. The number of hydrogen-bond donors (Lipinski definition) is 2. The molecule has 1 heterocycles. The number of hydrogen-bond acceptors (Lipinski definition) is 5. The fourth-order valence-corrected chi connectivity index (χ4v) is 1.08. The molecule has 1 aromatic heterocycles. The molecule has 0 bridgehead atoms. The third-order valence-electron chi connectivity index (χ3n) is 1.87. The summed E-state index contributed by atoms with van der Waals surface area (Å²) in [4.78, 5) is 8.04. The normalized spacial score (nSPS) is 14.1. The summed E-state index contributed by atoms with van der Waals surface area (Å²) in [5.41, 5.74) is 5.73. The Morgan fingerprint density at radius 3 is 2.60 bits per heavy atom. The highest BCUT2D eigenvalue weighted by Gasteiger charge is 2.15. The number of aliphatic hydroxyl groups excluding tert-OH is 1. The zero-order chi connectivity index (χ0) is 10.4. The van der Waals surface area contributed by atoms with Gasteiger partial charge in [-0.15, -0.1) is 12.4 Å². The van der Waals surface area contributed by atoms with Gasteiger partial charge in [0.2, 0.25) is 0 Å². The van der Waals surface area contributed by atoms with Crippen LogP contribution in [-0.2, 0) is 11.2 Å². The summed E-state index contributed by atoms with van der Waals surface area (Å²) in [5.74, 6) is 0.634. The number of aliphatic hydroxyl groups is 1. The van der Waals surface area contributed by atoms with Crippen molar-refractivity contribution in [2.75, 3.05) is 13.7 Å². The number of aromatic nitrogens is 2. The van der Waals surface area contributed by atoms with Crippen molar-refractivity contribution in [2.45, 2.75) is 18.6 Å². The molecular formula is C9H16ClN3O2. The lowest BCUT2D eigenvalue weighted by Crippen LogP contribution is -2.39. The first-order chi connectivity index (χ1) is 6.74. The zero-order valence-corrected chi connectivity index (χ0v) is 9.35. The van der Waals surface area contributed by atoms with Crippen LogP contribution in [0.2, 0.25) is 0 Å². The largest absolute Gasteiger partial charge is 0.389 e. The molecule has 0 aromatic carbocycles. The van der Waals surface area contributed by atoms with Crippen LogP contribution in [-0.4, -0.2) is 40.9 Å². The molecule has 6 heteroatoms. The second-order valence-corrected chi connectivity index (χ2v) is 3.06. The van der Waals surface area contributed by atoms with Crippen LogP contribution < -0.4 is 5.73 Å². The zero-order valence-electron chi connectivity index (χ0n) is 8.54. The van der Waals surface area contributed by atoms with Crippen LogP contribution >= 0.6 is 12.4 Å². The fourth-order valence-electron chi connectivity index (χ4n) is 1.08. The molecular weight excluding hydrogens is 218 g/mol. The van der Waals surface area contributed by atoms with E-state index in [1.165, 1.54) is 7.11 Å². The summed E-state index contributed by atoms with van der Waals surface area (Å²) in [6.07, 6.45) is 3.07. The van der Waals surface area contributed by atoms with E-state index in [0.29, 0.717) is 12.2 Å². The minimum Gasteiger partial charge on any atom is -0.389 e. The van der Waals surface area contributed by atoms with E-state index >= 15 is 0 Å². The van der Waals surface area contributed by atoms with Crippen molar-refractivity contribution in [1.29, 1.82) is 0 Å². The maximum Gasteiger partial charge on any atom is 0.129 e. The first-order valence-corrected chi connectivity index (χ1v) is 4.42. The van der Waals surface area contributed by atoms with Crippen molar-refractivity contribution in [1.82, 2.24) is 9.97 Å². The second kappa shape index (κ2) is 7.53. The van der Waals surface area contributed by atoms with Crippen molar-refractivity contribution in [3.63, 3.8) is 0 Å². The molecule has 0 aliphatic rings. The van der Waals surface area contributed by atoms with E-state index in [9.17, 15) is 5.11 Å². The minimum absolute atomic E-state index is 0. The van der Waals surface area contributed by atoms with E-state index in [4.69, 9.17) is 10.5 Å². The third kappa shape index (κ3) is 5.03. The SMILES string of the molecule is COCC(O)C(N)Cc1ncccn1.Cl. The van der Waals surface area contributed by atoms with Crippen molar-refractivity contribution >= 4 is 12.4 Å². The first-order valence-electron chi connectivity index (χ1n) is 4.42. The van der Waals surface area contributed by atoms with Crippen molar-refractivity contribution in [3.05, 3.63) is 24.3 Å². The van der Waals surface area contributed by atoms with Gasteiger partial charge in [-0.3, -0.25) is 0 Å². The Balaban J connectivity index is 0.00000196. The predicted molar refractivity (Wildman–Crippen MR) is 58.8 cm³/mol. The molecule has 1 aromatic rings. The average molecular weight is 234 g/mol. The van der Waals surface area contributed by atoms with Gasteiger partial charge in [-0.1, -0.05) is 0 Å². The van der Waals surface area contributed by atoms with Crippen LogP contribution in [0.15, 0.2) is 18.5 Å². The van der Waals surface area contributed by atoms with Gasteiger partial charge in [0.05, 0.1) is 12.7 Å².